The monoisotopic (exact) mass is 322 g/mol. The van der Waals surface area contributed by atoms with Gasteiger partial charge in [-0.25, -0.2) is 0 Å². The highest BCUT2D eigenvalue weighted by Gasteiger charge is 2.10. The van der Waals surface area contributed by atoms with E-state index in [4.69, 9.17) is 10.00 Å². The predicted molar refractivity (Wildman–Crippen MR) is 90.9 cm³/mol. The maximum absolute atomic E-state index is 12.1. The Kier molecular flexibility index (Phi) is 5.69. The molecule has 0 aliphatic heterocycles. The average molecular weight is 322 g/mol. The molecule has 0 unspecified atom stereocenters. The molecule has 0 spiro atoms. The first-order chi connectivity index (χ1) is 11.5. The number of hydrogen-bond acceptors (Lipinski definition) is 4. The SMILES string of the molecule is CC(C)C(=O)Nc1ccc(C(=O)COc2cccc(C#N)c2)cc1. The molecule has 2 aromatic rings. The minimum atomic E-state index is -0.181. The minimum Gasteiger partial charge on any atom is -0.485 e. The van der Waals surface area contributed by atoms with Crippen LogP contribution in [0.1, 0.15) is 29.8 Å². The standard InChI is InChI=1S/C19H18N2O3/c1-13(2)19(23)21-16-8-6-15(7-9-16)18(22)12-24-17-5-3-4-14(10-17)11-20/h3-10,13H,12H2,1-2H3,(H,21,23). The summed E-state index contributed by atoms with van der Waals surface area (Å²) in [6, 6.07) is 15.3. The molecule has 2 aromatic carbocycles. The number of carbonyl (C=O) groups is 2. The van der Waals surface area contributed by atoms with Gasteiger partial charge in [-0.05, 0) is 42.5 Å². The zero-order chi connectivity index (χ0) is 17.5. The van der Waals surface area contributed by atoms with Crippen molar-refractivity contribution in [1.82, 2.24) is 0 Å². The minimum absolute atomic E-state index is 0.0743. The van der Waals surface area contributed by atoms with Crippen LogP contribution in [-0.4, -0.2) is 18.3 Å². The van der Waals surface area contributed by atoms with E-state index in [0.717, 1.165) is 0 Å². The fourth-order valence-electron chi connectivity index (χ4n) is 1.91. The number of nitrogens with one attached hydrogen (secondary N) is 1. The predicted octanol–water partition coefficient (Wildman–Crippen LogP) is 3.41. The van der Waals surface area contributed by atoms with Gasteiger partial charge in [0.25, 0.3) is 0 Å². The van der Waals surface area contributed by atoms with Crippen LogP contribution in [0.2, 0.25) is 0 Å². The van der Waals surface area contributed by atoms with Crippen molar-refractivity contribution in [3.63, 3.8) is 0 Å². The van der Waals surface area contributed by atoms with E-state index in [1.165, 1.54) is 0 Å². The van der Waals surface area contributed by atoms with E-state index in [1.807, 2.05) is 19.9 Å². The number of anilines is 1. The van der Waals surface area contributed by atoms with Crippen LogP contribution < -0.4 is 10.1 Å². The van der Waals surface area contributed by atoms with Crippen molar-refractivity contribution in [2.75, 3.05) is 11.9 Å². The van der Waals surface area contributed by atoms with Crippen LogP contribution in [0.5, 0.6) is 5.75 Å². The molecule has 1 N–H and O–H groups in total. The highest BCUT2D eigenvalue weighted by molar-refractivity contribution is 5.98. The molecule has 1 amide bonds. The number of carbonyl (C=O) groups excluding carboxylic acids is 2. The van der Waals surface area contributed by atoms with Crippen molar-refractivity contribution in [2.45, 2.75) is 13.8 Å². The van der Waals surface area contributed by atoms with E-state index in [9.17, 15) is 9.59 Å². The molecule has 0 saturated heterocycles. The number of Topliss-reactive ketones (excluding diaryl/α,β-unsaturated/α-hetero) is 1. The van der Waals surface area contributed by atoms with Crippen molar-refractivity contribution >= 4 is 17.4 Å². The fourth-order valence-corrected chi connectivity index (χ4v) is 1.91. The molecular weight excluding hydrogens is 304 g/mol. The van der Waals surface area contributed by atoms with Crippen LogP contribution in [-0.2, 0) is 4.79 Å². The lowest BCUT2D eigenvalue weighted by Crippen LogP contribution is -2.18. The zero-order valence-corrected chi connectivity index (χ0v) is 13.6. The Morgan fingerprint density at radius 2 is 1.88 bits per heavy atom. The van der Waals surface area contributed by atoms with Crippen LogP contribution in [0.15, 0.2) is 48.5 Å². The Morgan fingerprint density at radius 1 is 1.17 bits per heavy atom. The van der Waals surface area contributed by atoms with Gasteiger partial charge < -0.3 is 10.1 Å². The molecule has 24 heavy (non-hydrogen) atoms. The van der Waals surface area contributed by atoms with Crippen molar-refractivity contribution < 1.29 is 14.3 Å². The van der Waals surface area contributed by atoms with Crippen molar-refractivity contribution in [1.29, 1.82) is 5.26 Å². The first-order valence-corrected chi connectivity index (χ1v) is 7.56. The van der Waals surface area contributed by atoms with Gasteiger partial charge >= 0.3 is 0 Å². The van der Waals surface area contributed by atoms with E-state index >= 15 is 0 Å². The van der Waals surface area contributed by atoms with E-state index in [1.54, 1.807) is 48.5 Å². The number of ether oxygens (including phenoxy) is 1. The highest BCUT2D eigenvalue weighted by Crippen LogP contribution is 2.15. The van der Waals surface area contributed by atoms with Crippen molar-refractivity contribution in [2.24, 2.45) is 5.92 Å². The van der Waals surface area contributed by atoms with Gasteiger partial charge in [-0.3, -0.25) is 9.59 Å². The lowest BCUT2D eigenvalue weighted by molar-refractivity contribution is -0.118. The highest BCUT2D eigenvalue weighted by atomic mass is 16.5. The first-order valence-electron chi connectivity index (χ1n) is 7.56. The maximum atomic E-state index is 12.1. The van der Waals surface area contributed by atoms with Gasteiger partial charge in [-0.2, -0.15) is 5.26 Å². The Hall–Kier alpha value is -3.13. The molecule has 0 aromatic heterocycles. The second-order valence-corrected chi connectivity index (χ2v) is 5.57. The molecule has 0 radical (unpaired) electrons. The summed E-state index contributed by atoms with van der Waals surface area (Å²) < 4.78 is 5.42. The quantitative estimate of drug-likeness (QED) is 0.827. The third kappa shape index (κ3) is 4.68. The second-order valence-electron chi connectivity index (χ2n) is 5.57. The zero-order valence-electron chi connectivity index (χ0n) is 13.6. The molecule has 0 aliphatic carbocycles. The van der Waals surface area contributed by atoms with Gasteiger partial charge in [-0.15, -0.1) is 0 Å². The number of ketones is 1. The van der Waals surface area contributed by atoms with Crippen LogP contribution in [0.4, 0.5) is 5.69 Å². The van der Waals surface area contributed by atoms with Gasteiger partial charge in [0.1, 0.15) is 5.75 Å². The Bertz CT molecular complexity index is 774. The largest absolute Gasteiger partial charge is 0.485 e. The summed E-state index contributed by atoms with van der Waals surface area (Å²) in [5.74, 6) is 0.112. The third-order valence-corrected chi connectivity index (χ3v) is 3.33. The van der Waals surface area contributed by atoms with Gasteiger partial charge in [0.2, 0.25) is 5.91 Å². The summed E-state index contributed by atoms with van der Waals surface area (Å²) in [7, 11) is 0. The normalized spacial score (nSPS) is 10.1. The van der Waals surface area contributed by atoms with Crippen molar-refractivity contribution in [3.05, 3.63) is 59.7 Å². The van der Waals surface area contributed by atoms with Crippen LogP contribution in [0.25, 0.3) is 0 Å². The molecule has 0 bridgehead atoms. The molecule has 122 valence electrons. The fraction of sp³-hybridized carbons (Fsp3) is 0.211. The Labute approximate surface area is 140 Å². The van der Waals surface area contributed by atoms with Crippen LogP contribution in [0, 0.1) is 17.2 Å². The summed E-state index contributed by atoms with van der Waals surface area (Å²) in [5.41, 5.74) is 1.62. The van der Waals surface area contributed by atoms with Crippen LogP contribution >= 0.6 is 0 Å². The van der Waals surface area contributed by atoms with E-state index in [0.29, 0.717) is 22.6 Å². The number of benzene rings is 2. The molecule has 0 aliphatic rings. The number of hydrogen-bond donors (Lipinski definition) is 1. The molecular formula is C19H18N2O3. The summed E-state index contributed by atoms with van der Waals surface area (Å²) in [4.78, 5) is 23.8. The van der Waals surface area contributed by atoms with Gasteiger partial charge in [-0.1, -0.05) is 19.9 Å². The van der Waals surface area contributed by atoms with Gasteiger partial charge in [0.05, 0.1) is 11.6 Å². The lowest BCUT2D eigenvalue weighted by Gasteiger charge is -2.09. The number of nitrogens with zero attached hydrogens (tertiary/aromatic N) is 1. The third-order valence-electron chi connectivity index (χ3n) is 3.33. The maximum Gasteiger partial charge on any atom is 0.226 e. The summed E-state index contributed by atoms with van der Waals surface area (Å²) in [6.07, 6.45) is 0. The number of amides is 1. The smallest absolute Gasteiger partial charge is 0.226 e. The number of nitriles is 1. The molecule has 2 rings (SSSR count). The summed E-state index contributed by atoms with van der Waals surface area (Å²) >= 11 is 0. The lowest BCUT2D eigenvalue weighted by atomic mass is 10.1. The number of rotatable bonds is 6. The van der Waals surface area contributed by atoms with E-state index in [2.05, 4.69) is 5.32 Å². The molecule has 0 saturated carbocycles. The first kappa shape index (κ1) is 17.2. The average Bonchev–Trinajstić information content (AvgIpc) is 2.60. The van der Waals surface area contributed by atoms with Gasteiger partial charge in [0, 0.05) is 17.2 Å². The summed E-state index contributed by atoms with van der Waals surface area (Å²) in [6.45, 7) is 3.50. The second kappa shape index (κ2) is 7.93. The van der Waals surface area contributed by atoms with E-state index < -0.39 is 0 Å². The summed E-state index contributed by atoms with van der Waals surface area (Å²) in [5, 5.41) is 11.6. The van der Waals surface area contributed by atoms with Crippen molar-refractivity contribution in [3.8, 4) is 11.8 Å². The topological polar surface area (TPSA) is 79.2 Å². The van der Waals surface area contributed by atoms with Crippen LogP contribution in [0.3, 0.4) is 0 Å². The molecule has 0 heterocycles. The van der Waals surface area contributed by atoms with Gasteiger partial charge in [0.15, 0.2) is 12.4 Å². The molecule has 5 nitrogen and oxygen atoms in total. The van der Waals surface area contributed by atoms with E-state index in [-0.39, 0.29) is 24.2 Å². The molecule has 0 fully saturated rings. The Morgan fingerprint density at radius 3 is 2.50 bits per heavy atom. The molecule has 5 heteroatoms. The molecule has 0 atom stereocenters. The Balaban J connectivity index is 1.95.